The van der Waals surface area contributed by atoms with Crippen LogP contribution in [-0.2, 0) is 6.54 Å². The van der Waals surface area contributed by atoms with Gasteiger partial charge in [-0.15, -0.1) is 11.3 Å². The Morgan fingerprint density at radius 3 is 2.69 bits per heavy atom. The largest absolute Gasteiger partial charge is 0.328 e. The zero-order valence-electron chi connectivity index (χ0n) is 8.18. The number of rotatable bonds is 2. The fourth-order valence-electron chi connectivity index (χ4n) is 1.87. The van der Waals surface area contributed by atoms with Crippen LogP contribution in [0.5, 0.6) is 0 Å². The summed E-state index contributed by atoms with van der Waals surface area (Å²) in [5, 5.41) is 2.18. The first-order chi connectivity index (χ1) is 6.34. The standard InChI is InChI=1S/C10H16N2S/c1-11-4-6-12(7-5-11)9-10-3-2-8-13-10/h2-3,8H,4-7,9H2,1H3/p+2. The predicted octanol–water partition coefficient (Wildman–Crippen LogP) is -1.34. The van der Waals surface area contributed by atoms with Gasteiger partial charge in [-0.1, -0.05) is 6.07 Å². The molecule has 0 atom stereocenters. The second-order valence-electron chi connectivity index (χ2n) is 3.96. The Labute approximate surface area is 83.8 Å². The summed E-state index contributed by atoms with van der Waals surface area (Å²) in [4.78, 5) is 4.98. The van der Waals surface area contributed by atoms with Gasteiger partial charge in [-0.25, -0.2) is 0 Å². The van der Waals surface area contributed by atoms with E-state index in [1.165, 1.54) is 37.6 Å². The van der Waals surface area contributed by atoms with E-state index in [4.69, 9.17) is 0 Å². The summed E-state index contributed by atoms with van der Waals surface area (Å²) in [5.74, 6) is 0. The summed E-state index contributed by atoms with van der Waals surface area (Å²) in [6, 6.07) is 4.41. The van der Waals surface area contributed by atoms with Gasteiger partial charge in [-0.2, -0.15) is 0 Å². The van der Waals surface area contributed by atoms with Crippen molar-refractivity contribution < 1.29 is 9.80 Å². The summed E-state index contributed by atoms with van der Waals surface area (Å²) >= 11 is 1.89. The van der Waals surface area contributed by atoms with Gasteiger partial charge in [0.15, 0.2) is 0 Å². The van der Waals surface area contributed by atoms with Crippen molar-refractivity contribution in [2.45, 2.75) is 6.54 Å². The number of piperazine rings is 1. The first-order valence-electron chi connectivity index (χ1n) is 5.02. The average Bonchev–Trinajstić information content (AvgIpc) is 2.62. The highest BCUT2D eigenvalue weighted by atomic mass is 32.1. The molecular formula is C10H18N2S+2. The molecule has 0 saturated carbocycles. The van der Waals surface area contributed by atoms with Crippen LogP contribution in [0.4, 0.5) is 0 Å². The number of quaternary nitrogens is 2. The highest BCUT2D eigenvalue weighted by molar-refractivity contribution is 7.09. The van der Waals surface area contributed by atoms with Crippen molar-refractivity contribution >= 4 is 11.3 Å². The molecule has 1 fully saturated rings. The molecule has 2 rings (SSSR count). The van der Waals surface area contributed by atoms with Gasteiger partial charge in [0.1, 0.15) is 32.7 Å². The SMILES string of the molecule is C[NH+]1CC[NH+](Cc2cccs2)CC1. The number of nitrogens with one attached hydrogen (secondary N) is 2. The lowest BCUT2D eigenvalue weighted by atomic mass is 10.3. The summed E-state index contributed by atoms with van der Waals surface area (Å²) in [6.45, 7) is 6.58. The second kappa shape index (κ2) is 4.22. The number of likely N-dealkylation sites (N-methyl/N-ethyl adjacent to an activating group) is 1. The lowest BCUT2D eigenvalue weighted by Crippen LogP contribution is -3.26. The fraction of sp³-hybridized carbons (Fsp3) is 0.600. The van der Waals surface area contributed by atoms with Crippen LogP contribution in [0, 0.1) is 0 Å². The van der Waals surface area contributed by atoms with E-state index in [9.17, 15) is 0 Å². The summed E-state index contributed by atoms with van der Waals surface area (Å²) in [6.07, 6.45) is 0. The second-order valence-corrected chi connectivity index (χ2v) is 5.00. The van der Waals surface area contributed by atoms with Gasteiger partial charge in [0, 0.05) is 0 Å². The summed E-state index contributed by atoms with van der Waals surface area (Å²) in [7, 11) is 2.29. The van der Waals surface area contributed by atoms with Crippen LogP contribution in [0.25, 0.3) is 0 Å². The summed E-state index contributed by atoms with van der Waals surface area (Å²) in [5.41, 5.74) is 0. The first-order valence-corrected chi connectivity index (χ1v) is 5.90. The Balaban J connectivity index is 1.83. The molecule has 2 heterocycles. The van der Waals surface area contributed by atoms with E-state index < -0.39 is 0 Å². The van der Waals surface area contributed by atoms with E-state index in [0.717, 1.165) is 0 Å². The molecule has 0 aromatic carbocycles. The minimum Gasteiger partial charge on any atom is -0.328 e. The van der Waals surface area contributed by atoms with Crippen molar-refractivity contribution in [3.8, 4) is 0 Å². The normalized spacial score (nSPS) is 29.0. The van der Waals surface area contributed by atoms with Crippen molar-refractivity contribution in [2.24, 2.45) is 0 Å². The number of thiophene rings is 1. The van der Waals surface area contributed by atoms with Crippen LogP contribution < -0.4 is 9.80 Å². The van der Waals surface area contributed by atoms with Crippen LogP contribution in [0.15, 0.2) is 17.5 Å². The third kappa shape index (κ3) is 2.53. The molecule has 3 heteroatoms. The van der Waals surface area contributed by atoms with Crippen molar-refractivity contribution in [1.82, 2.24) is 0 Å². The van der Waals surface area contributed by atoms with Gasteiger partial charge in [0.2, 0.25) is 0 Å². The number of hydrogen-bond acceptors (Lipinski definition) is 1. The zero-order chi connectivity index (χ0) is 9.10. The smallest absolute Gasteiger partial charge is 0.127 e. The summed E-state index contributed by atoms with van der Waals surface area (Å²) < 4.78 is 0. The third-order valence-corrected chi connectivity index (χ3v) is 3.69. The van der Waals surface area contributed by atoms with Crippen molar-refractivity contribution in [3.63, 3.8) is 0 Å². The number of hydrogen-bond donors (Lipinski definition) is 2. The monoisotopic (exact) mass is 198 g/mol. The topological polar surface area (TPSA) is 8.88 Å². The van der Waals surface area contributed by atoms with E-state index in [2.05, 4.69) is 24.6 Å². The Hall–Kier alpha value is -0.380. The molecule has 1 aromatic heterocycles. The molecule has 0 unspecified atom stereocenters. The maximum Gasteiger partial charge on any atom is 0.127 e. The lowest BCUT2D eigenvalue weighted by molar-refractivity contribution is -1.01. The van der Waals surface area contributed by atoms with Gasteiger partial charge in [-0.05, 0) is 11.4 Å². The fourth-order valence-corrected chi connectivity index (χ4v) is 2.64. The van der Waals surface area contributed by atoms with Crippen molar-refractivity contribution in [3.05, 3.63) is 22.4 Å². The van der Waals surface area contributed by atoms with E-state index in [0.29, 0.717) is 0 Å². The first kappa shape index (κ1) is 9.19. The Bertz CT molecular complexity index is 237. The van der Waals surface area contributed by atoms with Crippen LogP contribution >= 0.6 is 11.3 Å². The van der Waals surface area contributed by atoms with Crippen molar-refractivity contribution in [2.75, 3.05) is 33.2 Å². The van der Waals surface area contributed by atoms with Gasteiger partial charge in [-0.3, -0.25) is 0 Å². The molecule has 2 N–H and O–H groups in total. The van der Waals surface area contributed by atoms with E-state index >= 15 is 0 Å². The van der Waals surface area contributed by atoms with Gasteiger partial charge in [0.05, 0.1) is 11.9 Å². The molecule has 1 aliphatic heterocycles. The molecule has 72 valence electrons. The maximum absolute atomic E-state index is 2.29. The molecule has 0 aliphatic carbocycles. The van der Waals surface area contributed by atoms with Crippen LogP contribution in [0.3, 0.4) is 0 Å². The van der Waals surface area contributed by atoms with Crippen LogP contribution in [-0.4, -0.2) is 33.2 Å². The zero-order valence-corrected chi connectivity index (χ0v) is 8.99. The van der Waals surface area contributed by atoms with E-state index in [1.807, 2.05) is 11.3 Å². The quantitative estimate of drug-likeness (QED) is 0.582. The predicted molar refractivity (Wildman–Crippen MR) is 55.3 cm³/mol. The average molecular weight is 198 g/mol. The molecule has 0 amide bonds. The van der Waals surface area contributed by atoms with Crippen LogP contribution in [0.2, 0.25) is 0 Å². The van der Waals surface area contributed by atoms with Gasteiger partial charge in [0.25, 0.3) is 0 Å². The molecule has 1 aliphatic rings. The third-order valence-electron chi connectivity index (χ3n) is 2.81. The Morgan fingerprint density at radius 2 is 2.08 bits per heavy atom. The molecule has 0 spiro atoms. The lowest BCUT2D eigenvalue weighted by Gasteiger charge is -2.26. The molecule has 2 nitrogen and oxygen atoms in total. The Kier molecular flexibility index (Phi) is 2.98. The van der Waals surface area contributed by atoms with E-state index in [-0.39, 0.29) is 0 Å². The molecule has 0 bridgehead atoms. The minimum atomic E-state index is 1.24. The Morgan fingerprint density at radius 1 is 1.31 bits per heavy atom. The molecule has 1 saturated heterocycles. The van der Waals surface area contributed by atoms with E-state index in [1.54, 1.807) is 9.80 Å². The highest BCUT2D eigenvalue weighted by Gasteiger charge is 2.19. The van der Waals surface area contributed by atoms with Gasteiger partial charge >= 0.3 is 0 Å². The minimum absolute atomic E-state index is 1.24. The van der Waals surface area contributed by atoms with Crippen LogP contribution in [0.1, 0.15) is 4.88 Å². The van der Waals surface area contributed by atoms with Crippen molar-refractivity contribution in [1.29, 1.82) is 0 Å². The molecule has 13 heavy (non-hydrogen) atoms. The van der Waals surface area contributed by atoms with Gasteiger partial charge < -0.3 is 9.80 Å². The highest BCUT2D eigenvalue weighted by Crippen LogP contribution is 2.05. The maximum atomic E-state index is 2.29. The molecule has 1 aromatic rings. The molecule has 0 radical (unpaired) electrons. The molecular weight excluding hydrogens is 180 g/mol.